The van der Waals surface area contributed by atoms with E-state index in [-0.39, 0.29) is 53.9 Å². The maximum atomic E-state index is 15.4. The Morgan fingerprint density at radius 2 is 1.43 bits per heavy atom. The highest BCUT2D eigenvalue weighted by atomic mass is 16.6. The molecule has 0 spiro atoms. The molecule has 1 heterocycles. The smallest absolute Gasteiger partial charge is 0.350 e. The van der Waals surface area contributed by atoms with E-state index in [0.29, 0.717) is 5.56 Å². The normalized spacial score (nSPS) is 28.6. The van der Waals surface area contributed by atoms with Crippen molar-refractivity contribution in [2.45, 2.75) is 115 Å². The van der Waals surface area contributed by atoms with Crippen LogP contribution < -0.4 is 10.6 Å². The van der Waals surface area contributed by atoms with Crippen molar-refractivity contribution in [1.29, 1.82) is 0 Å². The number of hydrogen-bond acceptors (Lipinski definition) is 15. The van der Waals surface area contributed by atoms with Crippen LogP contribution in [0.15, 0.2) is 102 Å². The Morgan fingerprint density at radius 1 is 0.826 bits per heavy atom. The van der Waals surface area contributed by atoms with Gasteiger partial charge in [0.05, 0.1) is 29.8 Å². The van der Waals surface area contributed by atoms with E-state index in [0.717, 1.165) is 6.92 Å². The van der Waals surface area contributed by atoms with Crippen LogP contribution in [0.2, 0.25) is 0 Å². The van der Waals surface area contributed by atoms with Crippen LogP contribution in [-0.2, 0) is 52.5 Å². The zero-order valence-corrected chi connectivity index (χ0v) is 39.3. The summed E-state index contributed by atoms with van der Waals surface area (Å²) >= 11 is 0. The van der Waals surface area contributed by atoms with Crippen LogP contribution in [0.3, 0.4) is 0 Å². The standard InChI is InChI=1S/C52H58N2O15/c1-28(55)22-23-38(58)53-26-39(59)68-44(42(31-16-10-7-11-17-31)54-47(61)32-18-12-8-13-19-32)49(63)67-36-25-52(64)46(69-48(62)33-20-14-9-15-21-33)41-34-27-65-35(34)24-37(57)51(41,6)45(60)43(66-30(3)56)40(29(36)2)50(52,4)5/h7-21,34-37,41-44,46,57,64H,22-27H2,1-6H3,(H,53,58)(H,54,61)/t34-,35-,36+,37+,41?,42+,43-,44-,46+,51-,52-/m1/s1. The molecule has 4 aliphatic rings. The van der Waals surface area contributed by atoms with Gasteiger partial charge < -0.3 is 49.3 Å². The molecule has 69 heavy (non-hydrogen) atoms. The van der Waals surface area contributed by atoms with Gasteiger partial charge >= 0.3 is 23.9 Å². The van der Waals surface area contributed by atoms with E-state index in [1.165, 1.54) is 45.0 Å². The monoisotopic (exact) mass is 950 g/mol. The first-order valence-corrected chi connectivity index (χ1v) is 23.0. The lowest BCUT2D eigenvalue weighted by Crippen LogP contribution is -2.75. The predicted molar refractivity (Wildman–Crippen MR) is 243 cm³/mol. The van der Waals surface area contributed by atoms with Gasteiger partial charge in [0.1, 0.15) is 36.2 Å². The zero-order chi connectivity index (χ0) is 50.0. The fourth-order valence-electron chi connectivity index (χ4n) is 10.6. The molecule has 3 fully saturated rings. The Kier molecular flexibility index (Phi) is 14.7. The Balaban J connectivity index is 1.35. The van der Waals surface area contributed by atoms with Crippen LogP contribution in [0, 0.1) is 22.7 Å². The molecule has 366 valence electrons. The number of esters is 4. The van der Waals surface area contributed by atoms with Gasteiger partial charge in [-0.2, -0.15) is 0 Å². The molecule has 3 aromatic rings. The molecule has 4 N–H and O–H groups in total. The maximum Gasteiger partial charge on any atom is 0.350 e. The largest absolute Gasteiger partial charge is 0.455 e. The molecular formula is C52H58N2O15. The number of ether oxygens (including phenoxy) is 5. The van der Waals surface area contributed by atoms with Crippen LogP contribution >= 0.6 is 0 Å². The molecule has 1 unspecified atom stereocenters. The molecule has 3 aromatic carbocycles. The summed E-state index contributed by atoms with van der Waals surface area (Å²) in [6, 6.07) is 22.7. The van der Waals surface area contributed by atoms with Crippen LogP contribution in [0.1, 0.15) is 99.5 Å². The van der Waals surface area contributed by atoms with Gasteiger partial charge in [0, 0.05) is 55.4 Å². The number of fused-ring (bicyclic) bond motifs is 5. The lowest BCUT2D eigenvalue weighted by Gasteiger charge is -2.64. The number of aliphatic hydroxyl groups excluding tert-OH is 1. The number of Topliss-reactive ketones (excluding diaryl/α,β-unsaturated/α-hetero) is 2. The van der Waals surface area contributed by atoms with E-state index >= 15 is 9.59 Å². The first-order chi connectivity index (χ1) is 32.7. The van der Waals surface area contributed by atoms with Crippen LogP contribution in [0.4, 0.5) is 0 Å². The number of amides is 2. The van der Waals surface area contributed by atoms with Gasteiger partial charge in [0.25, 0.3) is 5.91 Å². The van der Waals surface area contributed by atoms with Crippen molar-refractivity contribution in [3.05, 3.63) is 119 Å². The maximum absolute atomic E-state index is 15.4. The van der Waals surface area contributed by atoms with Crippen molar-refractivity contribution in [2.75, 3.05) is 13.2 Å². The number of nitrogens with one attached hydrogen (secondary N) is 2. The van der Waals surface area contributed by atoms with Crippen LogP contribution in [0.25, 0.3) is 0 Å². The summed E-state index contributed by atoms with van der Waals surface area (Å²) in [4.78, 5) is 109. The number of aliphatic hydroxyl groups is 2. The Morgan fingerprint density at radius 3 is 2.01 bits per heavy atom. The van der Waals surface area contributed by atoms with Crippen molar-refractivity contribution in [3.8, 4) is 0 Å². The molecule has 17 heteroatoms. The Hall–Kier alpha value is -6.56. The molecule has 1 aliphatic heterocycles. The quantitative estimate of drug-likeness (QED) is 0.0952. The third-order valence-electron chi connectivity index (χ3n) is 14.5. The van der Waals surface area contributed by atoms with Crippen LogP contribution in [0.5, 0.6) is 0 Å². The summed E-state index contributed by atoms with van der Waals surface area (Å²) < 4.78 is 30.4. The van der Waals surface area contributed by atoms with E-state index < -0.39 is 125 Å². The summed E-state index contributed by atoms with van der Waals surface area (Å²) in [5.74, 6) is -8.05. The molecule has 0 radical (unpaired) electrons. The molecule has 2 bridgehead atoms. The topological polar surface area (TPSA) is 247 Å². The van der Waals surface area contributed by atoms with Gasteiger partial charge in [-0.25, -0.2) is 9.59 Å². The molecule has 11 atom stereocenters. The minimum Gasteiger partial charge on any atom is -0.455 e. The van der Waals surface area contributed by atoms with Gasteiger partial charge in [-0.1, -0.05) is 80.6 Å². The molecule has 3 aliphatic carbocycles. The second-order valence-electron chi connectivity index (χ2n) is 19.0. The molecule has 2 saturated carbocycles. The van der Waals surface area contributed by atoms with E-state index in [2.05, 4.69) is 10.6 Å². The molecule has 17 nitrogen and oxygen atoms in total. The number of carbonyl (C=O) groups excluding carboxylic acids is 8. The highest BCUT2D eigenvalue weighted by molar-refractivity contribution is 5.96. The summed E-state index contributed by atoms with van der Waals surface area (Å²) in [7, 11) is 0. The minimum absolute atomic E-state index is 0.0210. The van der Waals surface area contributed by atoms with Gasteiger partial charge in [0.15, 0.2) is 11.9 Å². The number of ketones is 2. The van der Waals surface area contributed by atoms with Crippen molar-refractivity contribution < 1.29 is 72.3 Å². The van der Waals surface area contributed by atoms with Gasteiger partial charge in [-0.15, -0.1) is 0 Å². The highest BCUT2D eigenvalue weighted by Crippen LogP contribution is 2.62. The van der Waals surface area contributed by atoms with E-state index in [4.69, 9.17) is 23.7 Å². The van der Waals surface area contributed by atoms with Crippen LogP contribution in [-0.4, -0.2) is 113 Å². The Bertz CT molecular complexity index is 2510. The lowest BCUT2D eigenvalue weighted by molar-refractivity contribution is -0.277. The third-order valence-corrected chi connectivity index (χ3v) is 14.5. The molecule has 2 amide bonds. The predicted octanol–water partition coefficient (Wildman–Crippen LogP) is 4.09. The van der Waals surface area contributed by atoms with Gasteiger partial charge in [-0.3, -0.25) is 24.0 Å². The molecule has 0 aromatic heterocycles. The number of carbonyl (C=O) groups is 8. The zero-order valence-electron chi connectivity index (χ0n) is 39.3. The molecule has 7 rings (SSSR count). The fourth-order valence-corrected chi connectivity index (χ4v) is 10.6. The minimum atomic E-state index is -2.28. The van der Waals surface area contributed by atoms with E-state index in [1.54, 1.807) is 80.6 Å². The van der Waals surface area contributed by atoms with E-state index in [9.17, 15) is 39.0 Å². The fraction of sp³-hybridized carbons (Fsp3) is 0.462. The van der Waals surface area contributed by atoms with Gasteiger partial charge in [-0.05, 0) is 61.7 Å². The Labute approximate surface area is 399 Å². The number of rotatable bonds is 15. The average Bonchev–Trinajstić information content (AvgIpc) is 3.31. The van der Waals surface area contributed by atoms with E-state index in [1.807, 2.05) is 0 Å². The molecule has 1 saturated heterocycles. The number of hydrogen-bond donors (Lipinski definition) is 4. The van der Waals surface area contributed by atoms with Gasteiger partial charge in [0.2, 0.25) is 12.0 Å². The second-order valence-corrected chi connectivity index (χ2v) is 19.0. The number of benzene rings is 3. The first kappa shape index (κ1) is 50.3. The third kappa shape index (κ3) is 9.85. The summed E-state index contributed by atoms with van der Waals surface area (Å²) in [5, 5.41) is 30.9. The summed E-state index contributed by atoms with van der Waals surface area (Å²) in [5.41, 5.74) is -4.88. The van der Waals surface area contributed by atoms with Crippen molar-refractivity contribution in [3.63, 3.8) is 0 Å². The lowest BCUT2D eigenvalue weighted by atomic mass is 9.46. The summed E-state index contributed by atoms with van der Waals surface area (Å²) in [6.07, 6.45) is -9.64. The van der Waals surface area contributed by atoms with Crippen molar-refractivity contribution in [2.24, 2.45) is 22.7 Å². The average molecular weight is 951 g/mol. The SMILES string of the molecule is CC(=O)CCC(=O)NCC(=O)O[C@@H](C(=O)O[C@H]1C[C@@]2(O)[C@@H](OC(=O)c3ccccc3)C3[C@@H]4CO[C@@H]4C[C@H](O)[C@@]3(C)C(=O)[C@H](OC(C)=O)C(=C1C)C2(C)C)[C@@H](NC(=O)c1ccccc1)c1ccccc1. The highest BCUT2D eigenvalue weighted by Gasteiger charge is 2.73. The summed E-state index contributed by atoms with van der Waals surface area (Å²) in [6.45, 7) is 8.01. The second kappa shape index (κ2) is 20.2. The first-order valence-electron chi connectivity index (χ1n) is 23.0. The molecular weight excluding hydrogens is 893 g/mol. The van der Waals surface area contributed by atoms with Crippen molar-refractivity contribution in [1.82, 2.24) is 10.6 Å². The van der Waals surface area contributed by atoms with Crippen molar-refractivity contribution >= 4 is 47.3 Å².